The van der Waals surface area contributed by atoms with Gasteiger partial charge in [0.15, 0.2) is 5.96 Å². The third-order valence-corrected chi connectivity index (χ3v) is 4.24. The quantitative estimate of drug-likeness (QED) is 0.205. The summed E-state index contributed by atoms with van der Waals surface area (Å²) < 4.78 is 4.91. The maximum Gasteiger partial charge on any atom is 0.241 e. The molecule has 1 aliphatic rings. The third-order valence-electron chi connectivity index (χ3n) is 4.24. The molecule has 142 valence electrons. The van der Waals surface area contributed by atoms with E-state index in [4.69, 9.17) is 4.74 Å². The van der Waals surface area contributed by atoms with Crippen LogP contribution in [0.2, 0.25) is 0 Å². The highest BCUT2D eigenvalue weighted by molar-refractivity contribution is 14.0. The van der Waals surface area contributed by atoms with Gasteiger partial charge in [-0.2, -0.15) is 0 Å². The number of halogens is 1. The van der Waals surface area contributed by atoms with Gasteiger partial charge in [-0.3, -0.25) is 4.79 Å². The topological polar surface area (TPSA) is 74.8 Å². The Labute approximate surface area is 164 Å². The van der Waals surface area contributed by atoms with Crippen molar-refractivity contribution in [2.75, 3.05) is 39.9 Å². The predicted molar refractivity (Wildman–Crippen MR) is 110 cm³/mol. The monoisotopic (exact) mass is 454 g/mol. The maximum atomic E-state index is 11.7. The van der Waals surface area contributed by atoms with E-state index in [2.05, 4.69) is 34.8 Å². The van der Waals surface area contributed by atoms with Crippen molar-refractivity contribution in [2.24, 2.45) is 16.3 Å². The number of carbonyl (C=O) groups is 1. The van der Waals surface area contributed by atoms with E-state index in [0.717, 1.165) is 19.0 Å². The van der Waals surface area contributed by atoms with Gasteiger partial charge in [0.25, 0.3) is 0 Å². The van der Waals surface area contributed by atoms with Crippen molar-refractivity contribution in [2.45, 2.75) is 46.5 Å². The summed E-state index contributed by atoms with van der Waals surface area (Å²) in [5, 5.41) is 9.41. The van der Waals surface area contributed by atoms with Crippen LogP contribution in [-0.2, 0) is 9.53 Å². The smallest absolute Gasteiger partial charge is 0.241 e. The molecule has 0 bridgehead atoms. The maximum absolute atomic E-state index is 11.7. The van der Waals surface area contributed by atoms with Gasteiger partial charge in [0.2, 0.25) is 5.91 Å². The summed E-state index contributed by atoms with van der Waals surface area (Å²) in [7, 11) is 1.62. The second kappa shape index (κ2) is 12.7. The van der Waals surface area contributed by atoms with Crippen LogP contribution in [0.15, 0.2) is 4.99 Å². The molecule has 0 aromatic carbocycles. The number of hydrogen-bond donors (Lipinski definition) is 3. The molecule has 0 unspecified atom stereocenters. The normalized spacial score (nSPS) is 16.1. The molecule has 1 fully saturated rings. The van der Waals surface area contributed by atoms with Crippen molar-refractivity contribution in [3.8, 4) is 0 Å². The first-order chi connectivity index (χ1) is 11.0. The molecule has 0 saturated heterocycles. The van der Waals surface area contributed by atoms with Crippen LogP contribution in [0.25, 0.3) is 0 Å². The van der Waals surface area contributed by atoms with Gasteiger partial charge in [-0.25, -0.2) is 4.99 Å². The standard InChI is InChI=1S/C17H34N4O2.HI/c1-5-18-16(20-12-15(22)19-9-10-23-4)21-13-17(7-6-8-17)11-14(2)3;/h14H,5-13H2,1-4H3,(H,19,22)(H2,18,20,21);1H. The number of rotatable bonds is 10. The Morgan fingerprint density at radius 2 is 1.96 bits per heavy atom. The molecule has 0 aliphatic heterocycles. The molecular weight excluding hydrogens is 419 g/mol. The van der Waals surface area contributed by atoms with Gasteiger partial charge >= 0.3 is 0 Å². The Bertz CT molecular complexity index is 385. The Balaban J connectivity index is 0.00000529. The first-order valence-corrected chi connectivity index (χ1v) is 8.79. The minimum atomic E-state index is -0.0835. The van der Waals surface area contributed by atoms with E-state index in [1.165, 1.54) is 25.7 Å². The van der Waals surface area contributed by atoms with Gasteiger partial charge in [0.05, 0.1) is 6.61 Å². The summed E-state index contributed by atoms with van der Waals surface area (Å²) in [5.41, 5.74) is 0.408. The van der Waals surface area contributed by atoms with Crippen molar-refractivity contribution >= 4 is 35.8 Å². The average molecular weight is 454 g/mol. The van der Waals surface area contributed by atoms with Gasteiger partial charge in [0, 0.05) is 26.7 Å². The number of guanidine groups is 1. The summed E-state index contributed by atoms with van der Waals surface area (Å²) in [5.74, 6) is 1.35. The van der Waals surface area contributed by atoms with Gasteiger partial charge in [-0.15, -0.1) is 24.0 Å². The average Bonchev–Trinajstić information content (AvgIpc) is 2.47. The van der Waals surface area contributed by atoms with Crippen molar-refractivity contribution in [3.63, 3.8) is 0 Å². The zero-order chi connectivity index (χ0) is 17.1. The van der Waals surface area contributed by atoms with Gasteiger partial charge in [-0.05, 0) is 37.5 Å². The largest absolute Gasteiger partial charge is 0.383 e. The molecule has 1 aliphatic carbocycles. The molecule has 0 aromatic heterocycles. The molecule has 24 heavy (non-hydrogen) atoms. The summed E-state index contributed by atoms with van der Waals surface area (Å²) in [4.78, 5) is 16.1. The first kappa shape index (κ1) is 23.4. The molecule has 3 N–H and O–H groups in total. The Hall–Kier alpha value is -0.570. The highest BCUT2D eigenvalue weighted by Crippen LogP contribution is 2.45. The molecule has 1 rings (SSSR count). The molecule has 1 amide bonds. The van der Waals surface area contributed by atoms with E-state index >= 15 is 0 Å². The van der Waals surface area contributed by atoms with Crippen molar-refractivity contribution < 1.29 is 9.53 Å². The van der Waals surface area contributed by atoms with Gasteiger partial charge in [0.1, 0.15) is 6.54 Å². The fraction of sp³-hybridized carbons (Fsp3) is 0.882. The summed E-state index contributed by atoms with van der Waals surface area (Å²) in [6.45, 7) is 9.49. The van der Waals surface area contributed by atoms with Crippen LogP contribution in [0.3, 0.4) is 0 Å². The molecule has 0 spiro atoms. The van der Waals surface area contributed by atoms with Crippen LogP contribution >= 0.6 is 24.0 Å². The summed E-state index contributed by atoms with van der Waals surface area (Å²) in [6.07, 6.45) is 5.14. The zero-order valence-corrected chi connectivity index (χ0v) is 17.9. The van der Waals surface area contributed by atoms with E-state index in [1.807, 2.05) is 6.92 Å². The number of nitrogens with zero attached hydrogens (tertiary/aromatic N) is 1. The molecule has 0 radical (unpaired) electrons. The van der Waals surface area contributed by atoms with Crippen LogP contribution in [0, 0.1) is 11.3 Å². The number of hydrogen-bond acceptors (Lipinski definition) is 3. The molecule has 1 saturated carbocycles. The van der Waals surface area contributed by atoms with E-state index in [1.54, 1.807) is 7.11 Å². The highest BCUT2D eigenvalue weighted by atomic mass is 127. The van der Waals surface area contributed by atoms with Gasteiger partial charge < -0.3 is 20.7 Å². The lowest BCUT2D eigenvalue weighted by atomic mass is 9.64. The fourth-order valence-corrected chi connectivity index (χ4v) is 3.11. The third kappa shape index (κ3) is 9.05. The summed E-state index contributed by atoms with van der Waals surface area (Å²) in [6, 6.07) is 0. The number of ether oxygens (including phenoxy) is 1. The lowest BCUT2D eigenvalue weighted by Crippen LogP contribution is -2.47. The zero-order valence-electron chi connectivity index (χ0n) is 15.6. The van der Waals surface area contributed by atoms with Crippen LogP contribution < -0.4 is 16.0 Å². The Kier molecular flexibility index (Phi) is 12.4. The SMILES string of the molecule is CCNC(=NCC(=O)NCCOC)NCC1(CC(C)C)CCC1.I. The van der Waals surface area contributed by atoms with Crippen LogP contribution in [0.5, 0.6) is 0 Å². The number of nitrogens with one attached hydrogen (secondary N) is 3. The number of aliphatic imine (C=N–C) groups is 1. The van der Waals surface area contributed by atoms with Crippen LogP contribution in [0.4, 0.5) is 0 Å². The molecule has 7 heteroatoms. The molecule has 6 nitrogen and oxygen atoms in total. The van der Waals surface area contributed by atoms with Crippen LogP contribution in [-0.4, -0.2) is 51.8 Å². The Morgan fingerprint density at radius 1 is 1.25 bits per heavy atom. The van der Waals surface area contributed by atoms with E-state index in [-0.39, 0.29) is 36.4 Å². The fourth-order valence-electron chi connectivity index (χ4n) is 3.11. The van der Waals surface area contributed by atoms with Crippen molar-refractivity contribution in [3.05, 3.63) is 0 Å². The number of amides is 1. The summed E-state index contributed by atoms with van der Waals surface area (Å²) >= 11 is 0. The van der Waals surface area contributed by atoms with E-state index in [9.17, 15) is 4.79 Å². The first-order valence-electron chi connectivity index (χ1n) is 8.79. The van der Waals surface area contributed by atoms with Gasteiger partial charge in [-0.1, -0.05) is 20.3 Å². The number of methoxy groups -OCH3 is 1. The molecular formula is C17H35IN4O2. The minimum Gasteiger partial charge on any atom is -0.383 e. The molecule has 0 atom stereocenters. The van der Waals surface area contributed by atoms with E-state index < -0.39 is 0 Å². The lowest BCUT2D eigenvalue weighted by molar-refractivity contribution is -0.119. The minimum absolute atomic E-state index is 0. The molecule has 0 heterocycles. The Morgan fingerprint density at radius 3 is 2.46 bits per heavy atom. The number of carbonyl (C=O) groups excluding carboxylic acids is 1. The highest BCUT2D eigenvalue weighted by Gasteiger charge is 2.37. The van der Waals surface area contributed by atoms with E-state index in [0.29, 0.717) is 24.5 Å². The van der Waals surface area contributed by atoms with Crippen LogP contribution in [0.1, 0.15) is 46.5 Å². The second-order valence-electron chi connectivity index (χ2n) is 6.84. The van der Waals surface area contributed by atoms with Crippen molar-refractivity contribution in [1.82, 2.24) is 16.0 Å². The second-order valence-corrected chi connectivity index (χ2v) is 6.84. The lowest BCUT2D eigenvalue weighted by Gasteiger charge is -2.43. The predicted octanol–water partition coefficient (Wildman–Crippen LogP) is 2.14. The van der Waals surface area contributed by atoms with Crippen molar-refractivity contribution in [1.29, 1.82) is 0 Å². The molecule has 0 aromatic rings.